The summed E-state index contributed by atoms with van der Waals surface area (Å²) in [5.41, 5.74) is 1.33. The minimum Gasteiger partial charge on any atom is -0.497 e. The van der Waals surface area contributed by atoms with Crippen LogP contribution in [0.15, 0.2) is 18.2 Å². The molecule has 0 bridgehead atoms. The molecule has 0 saturated carbocycles. The van der Waals surface area contributed by atoms with E-state index in [0.717, 1.165) is 24.1 Å². The molecule has 0 aliphatic carbocycles. The van der Waals surface area contributed by atoms with Crippen LogP contribution in [0.2, 0.25) is 0 Å². The summed E-state index contributed by atoms with van der Waals surface area (Å²) in [6, 6.07) is 6.87. The maximum absolute atomic E-state index is 5.78. The van der Waals surface area contributed by atoms with Gasteiger partial charge < -0.3 is 14.4 Å². The molecule has 3 heteroatoms. The number of ether oxygens (including phenoxy) is 2. The SMILES string of the molecule is COc1ccc2c(c1)C(C[C@H]1CCCN1C)CO2. The fourth-order valence-electron chi connectivity index (χ4n) is 3.18. The molecule has 0 aromatic heterocycles. The average Bonchev–Trinajstić information content (AvgIpc) is 2.97. The number of fused-ring (bicyclic) bond motifs is 1. The molecule has 1 saturated heterocycles. The van der Waals surface area contributed by atoms with Gasteiger partial charge in [0.2, 0.25) is 0 Å². The van der Waals surface area contributed by atoms with Crippen molar-refractivity contribution in [3.05, 3.63) is 23.8 Å². The number of methoxy groups -OCH3 is 1. The van der Waals surface area contributed by atoms with Crippen LogP contribution in [0.3, 0.4) is 0 Å². The fraction of sp³-hybridized carbons (Fsp3) is 0.600. The third kappa shape index (κ3) is 2.07. The first kappa shape index (κ1) is 11.8. The minimum atomic E-state index is 0.528. The number of nitrogens with zero attached hydrogens (tertiary/aromatic N) is 1. The Kier molecular flexibility index (Phi) is 3.16. The van der Waals surface area contributed by atoms with Crippen LogP contribution in [0, 0.1) is 0 Å². The molecule has 2 aliphatic rings. The Bertz CT molecular complexity index is 433. The van der Waals surface area contributed by atoms with Gasteiger partial charge in [0.15, 0.2) is 0 Å². The van der Waals surface area contributed by atoms with E-state index in [0.29, 0.717) is 5.92 Å². The zero-order valence-corrected chi connectivity index (χ0v) is 11.2. The highest BCUT2D eigenvalue weighted by Crippen LogP contribution is 2.40. The first-order valence-corrected chi connectivity index (χ1v) is 6.79. The highest BCUT2D eigenvalue weighted by molar-refractivity contribution is 5.45. The van der Waals surface area contributed by atoms with Gasteiger partial charge in [-0.1, -0.05) is 0 Å². The standard InChI is InChI=1S/C15H21NO2/c1-16-7-3-4-12(16)8-11-10-18-15-6-5-13(17-2)9-14(11)15/h5-6,9,11-12H,3-4,7-8,10H2,1-2H3/t11?,12-/m1/s1. The van der Waals surface area contributed by atoms with E-state index in [9.17, 15) is 0 Å². The van der Waals surface area contributed by atoms with Crippen LogP contribution in [0.1, 0.15) is 30.7 Å². The second-order valence-electron chi connectivity index (χ2n) is 5.42. The summed E-state index contributed by atoms with van der Waals surface area (Å²) in [5.74, 6) is 2.51. The van der Waals surface area contributed by atoms with Gasteiger partial charge in [-0.3, -0.25) is 0 Å². The molecule has 1 aromatic carbocycles. The monoisotopic (exact) mass is 247 g/mol. The molecule has 0 radical (unpaired) electrons. The van der Waals surface area contributed by atoms with Crippen LogP contribution in [-0.2, 0) is 0 Å². The van der Waals surface area contributed by atoms with Crippen molar-refractivity contribution in [2.24, 2.45) is 0 Å². The van der Waals surface area contributed by atoms with Crippen LogP contribution < -0.4 is 9.47 Å². The summed E-state index contributed by atoms with van der Waals surface area (Å²) in [6.45, 7) is 2.07. The highest BCUT2D eigenvalue weighted by atomic mass is 16.5. The Morgan fingerprint density at radius 3 is 3.06 bits per heavy atom. The van der Waals surface area contributed by atoms with Crippen LogP contribution >= 0.6 is 0 Å². The van der Waals surface area contributed by atoms with E-state index in [2.05, 4.69) is 18.0 Å². The molecule has 3 rings (SSSR count). The summed E-state index contributed by atoms with van der Waals surface area (Å²) in [4.78, 5) is 2.48. The minimum absolute atomic E-state index is 0.528. The Morgan fingerprint density at radius 1 is 1.44 bits per heavy atom. The molecule has 0 N–H and O–H groups in total. The van der Waals surface area contributed by atoms with Crippen molar-refractivity contribution in [1.82, 2.24) is 4.90 Å². The van der Waals surface area contributed by atoms with Gasteiger partial charge in [0.05, 0.1) is 13.7 Å². The lowest BCUT2D eigenvalue weighted by Crippen LogP contribution is -2.27. The first-order chi connectivity index (χ1) is 8.78. The van der Waals surface area contributed by atoms with Gasteiger partial charge in [-0.05, 0) is 51.1 Å². The number of hydrogen-bond acceptors (Lipinski definition) is 3. The van der Waals surface area contributed by atoms with Crippen molar-refractivity contribution in [2.75, 3.05) is 27.3 Å². The molecular formula is C15H21NO2. The molecule has 0 spiro atoms. The van der Waals surface area contributed by atoms with Gasteiger partial charge in [-0.25, -0.2) is 0 Å². The molecular weight excluding hydrogens is 226 g/mol. The number of benzene rings is 1. The van der Waals surface area contributed by atoms with Crippen LogP contribution in [0.5, 0.6) is 11.5 Å². The van der Waals surface area contributed by atoms with Crippen molar-refractivity contribution < 1.29 is 9.47 Å². The quantitative estimate of drug-likeness (QED) is 0.819. The Hall–Kier alpha value is -1.22. The van der Waals surface area contributed by atoms with E-state index in [1.807, 2.05) is 12.1 Å². The second-order valence-corrected chi connectivity index (χ2v) is 5.42. The normalized spacial score (nSPS) is 27.0. The van der Waals surface area contributed by atoms with Crippen LogP contribution in [-0.4, -0.2) is 38.3 Å². The predicted octanol–water partition coefficient (Wildman–Crippen LogP) is 2.66. The molecule has 0 amide bonds. The topological polar surface area (TPSA) is 21.7 Å². The Morgan fingerprint density at radius 2 is 2.33 bits per heavy atom. The van der Waals surface area contributed by atoms with E-state index < -0.39 is 0 Å². The van der Waals surface area contributed by atoms with Crippen molar-refractivity contribution in [3.8, 4) is 11.5 Å². The highest BCUT2D eigenvalue weighted by Gasteiger charge is 2.30. The van der Waals surface area contributed by atoms with Gasteiger partial charge in [0, 0.05) is 17.5 Å². The van der Waals surface area contributed by atoms with Gasteiger partial charge >= 0.3 is 0 Å². The third-order valence-electron chi connectivity index (χ3n) is 4.32. The molecule has 1 fully saturated rings. The predicted molar refractivity (Wildman–Crippen MR) is 71.5 cm³/mol. The van der Waals surface area contributed by atoms with E-state index in [-0.39, 0.29) is 0 Å². The maximum Gasteiger partial charge on any atom is 0.123 e. The second kappa shape index (κ2) is 4.81. The van der Waals surface area contributed by atoms with Crippen molar-refractivity contribution in [2.45, 2.75) is 31.2 Å². The average molecular weight is 247 g/mol. The zero-order chi connectivity index (χ0) is 12.5. The first-order valence-electron chi connectivity index (χ1n) is 6.79. The Balaban J connectivity index is 1.76. The summed E-state index contributed by atoms with van der Waals surface area (Å²) in [6.07, 6.45) is 3.86. The van der Waals surface area contributed by atoms with Gasteiger partial charge in [-0.2, -0.15) is 0 Å². The smallest absolute Gasteiger partial charge is 0.123 e. The van der Waals surface area contributed by atoms with Gasteiger partial charge in [0.25, 0.3) is 0 Å². The van der Waals surface area contributed by atoms with Crippen molar-refractivity contribution in [3.63, 3.8) is 0 Å². The molecule has 1 aromatic rings. The van der Waals surface area contributed by atoms with Gasteiger partial charge in [-0.15, -0.1) is 0 Å². The molecule has 2 aliphatic heterocycles. The molecule has 3 nitrogen and oxygen atoms in total. The van der Waals surface area contributed by atoms with E-state index >= 15 is 0 Å². The molecule has 98 valence electrons. The van der Waals surface area contributed by atoms with E-state index in [1.165, 1.54) is 31.4 Å². The molecule has 1 unspecified atom stereocenters. The number of hydrogen-bond donors (Lipinski definition) is 0. The van der Waals surface area contributed by atoms with Gasteiger partial charge in [0.1, 0.15) is 11.5 Å². The maximum atomic E-state index is 5.78. The molecule has 2 heterocycles. The molecule has 2 atom stereocenters. The lowest BCUT2D eigenvalue weighted by Gasteiger charge is -2.22. The lowest BCUT2D eigenvalue weighted by molar-refractivity contribution is 0.257. The van der Waals surface area contributed by atoms with Crippen LogP contribution in [0.25, 0.3) is 0 Å². The largest absolute Gasteiger partial charge is 0.497 e. The number of likely N-dealkylation sites (tertiary alicyclic amines) is 1. The lowest BCUT2D eigenvalue weighted by atomic mass is 9.93. The summed E-state index contributed by atoms with van der Waals surface area (Å²) >= 11 is 0. The van der Waals surface area contributed by atoms with Crippen molar-refractivity contribution in [1.29, 1.82) is 0 Å². The summed E-state index contributed by atoms with van der Waals surface area (Å²) in [5, 5.41) is 0. The summed E-state index contributed by atoms with van der Waals surface area (Å²) in [7, 11) is 3.96. The zero-order valence-electron chi connectivity index (χ0n) is 11.2. The van der Waals surface area contributed by atoms with Crippen molar-refractivity contribution >= 4 is 0 Å². The van der Waals surface area contributed by atoms with Crippen LogP contribution in [0.4, 0.5) is 0 Å². The molecule has 18 heavy (non-hydrogen) atoms. The Labute approximate surface area is 109 Å². The fourth-order valence-corrected chi connectivity index (χ4v) is 3.18. The third-order valence-corrected chi connectivity index (χ3v) is 4.32. The number of rotatable bonds is 3. The van der Waals surface area contributed by atoms with E-state index in [1.54, 1.807) is 7.11 Å². The summed E-state index contributed by atoms with van der Waals surface area (Å²) < 4.78 is 11.1. The van der Waals surface area contributed by atoms with E-state index in [4.69, 9.17) is 9.47 Å².